The van der Waals surface area contributed by atoms with E-state index in [-0.39, 0.29) is 5.69 Å². The molecule has 0 fully saturated rings. The Kier molecular flexibility index (Phi) is 8.10. The van der Waals surface area contributed by atoms with E-state index in [0.717, 1.165) is 66.8 Å². The Bertz CT molecular complexity index is 2770. The van der Waals surface area contributed by atoms with E-state index >= 15 is 0 Å². The normalized spacial score (nSPS) is 11.2. The number of nitrogens with zero attached hydrogens (tertiary/aromatic N) is 5. The molecule has 0 radical (unpaired) electrons. The fourth-order valence-corrected chi connectivity index (χ4v) is 7.02. The summed E-state index contributed by atoms with van der Waals surface area (Å²) in [5.74, 6) is 1.86. The van der Waals surface area contributed by atoms with E-state index in [1.807, 2.05) is 110 Å². The number of hydrogen-bond donors (Lipinski definition) is 0. The zero-order chi connectivity index (χ0) is 35.7. The Morgan fingerprint density at radius 1 is 0.377 bits per heavy atom. The summed E-state index contributed by atoms with van der Waals surface area (Å²) in [6, 6.07) is 61.3. The fourth-order valence-electron chi connectivity index (χ4n) is 7.02. The largest absolute Gasteiger partial charge is 0.333 e. The number of aromatic nitrogens is 5. The highest BCUT2D eigenvalue weighted by Crippen LogP contribution is 2.34. The van der Waals surface area contributed by atoms with Crippen molar-refractivity contribution in [3.05, 3.63) is 192 Å². The fraction of sp³-hybridized carbons (Fsp3) is 0.0213. The van der Waals surface area contributed by atoms with Gasteiger partial charge in [-0.05, 0) is 46.0 Å². The third-order valence-electron chi connectivity index (χ3n) is 9.68. The van der Waals surface area contributed by atoms with Crippen molar-refractivity contribution in [1.29, 1.82) is 0 Å². The van der Waals surface area contributed by atoms with Crippen LogP contribution in [0.2, 0.25) is 0 Å². The molecule has 6 nitrogen and oxygen atoms in total. The maximum absolute atomic E-state index is 13.4. The SMILES string of the molecule is Cn1c(=O)n(-c2ccccc2)c2cccc(-c3ccc(-c4ccc(-c5nc(-c6ccccc6)nc(-c6ccccc6-c6ccccc6)n5)cc4)cc3)c21. The van der Waals surface area contributed by atoms with Crippen LogP contribution >= 0.6 is 0 Å². The molecule has 9 aromatic rings. The zero-order valence-corrected chi connectivity index (χ0v) is 29.0. The van der Waals surface area contributed by atoms with Crippen LogP contribution < -0.4 is 5.69 Å². The van der Waals surface area contributed by atoms with E-state index in [1.54, 1.807) is 9.13 Å². The third kappa shape index (κ3) is 5.92. The molecule has 0 aliphatic carbocycles. The second-order valence-electron chi connectivity index (χ2n) is 12.9. The van der Waals surface area contributed by atoms with Crippen LogP contribution in [0.3, 0.4) is 0 Å². The van der Waals surface area contributed by atoms with E-state index in [4.69, 9.17) is 15.0 Å². The summed E-state index contributed by atoms with van der Waals surface area (Å²) in [6.45, 7) is 0. The molecule has 2 aromatic heterocycles. The van der Waals surface area contributed by atoms with E-state index in [0.29, 0.717) is 17.5 Å². The molecule has 0 amide bonds. The van der Waals surface area contributed by atoms with Gasteiger partial charge >= 0.3 is 5.69 Å². The Morgan fingerprint density at radius 2 is 0.811 bits per heavy atom. The monoisotopic (exact) mass is 683 g/mol. The number of aryl methyl sites for hydroxylation is 1. The molecule has 2 heterocycles. The first-order chi connectivity index (χ1) is 26.1. The van der Waals surface area contributed by atoms with Gasteiger partial charge in [-0.2, -0.15) is 0 Å². The summed E-state index contributed by atoms with van der Waals surface area (Å²) >= 11 is 0. The highest BCUT2D eigenvalue weighted by atomic mass is 16.1. The smallest absolute Gasteiger partial charge is 0.294 e. The number of benzene rings is 7. The van der Waals surface area contributed by atoms with Crippen LogP contribution in [0.4, 0.5) is 0 Å². The first kappa shape index (κ1) is 31.8. The molecule has 0 saturated heterocycles. The van der Waals surface area contributed by atoms with Crippen molar-refractivity contribution in [2.45, 2.75) is 0 Å². The van der Waals surface area contributed by atoms with Crippen LogP contribution in [0.25, 0.3) is 84.3 Å². The van der Waals surface area contributed by atoms with E-state index < -0.39 is 0 Å². The van der Waals surface area contributed by atoms with Gasteiger partial charge in [-0.25, -0.2) is 19.7 Å². The Labute approximate surface area is 307 Å². The summed E-state index contributed by atoms with van der Waals surface area (Å²) in [5, 5.41) is 0. The lowest BCUT2D eigenvalue weighted by atomic mass is 9.98. The minimum absolute atomic E-state index is 0.0723. The highest BCUT2D eigenvalue weighted by Gasteiger charge is 2.18. The number of rotatable bonds is 7. The van der Waals surface area contributed by atoms with Crippen LogP contribution in [0.5, 0.6) is 0 Å². The summed E-state index contributed by atoms with van der Waals surface area (Å²) in [5.41, 5.74) is 11.7. The van der Waals surface area contributed by atoms with Crippen molar-refractivity contribution in [2.24, 2.45) is 7.05 Å². The molecule has 7 aromatic carbocycles. The standard InChI is InChI=1S/C47H33N5O/c1-51-43-40(22-13-23-42(43)52(47(51)53)38-18-9-4-10-19-38)35-28-24-32(25-29-35)33-26-30-37(31-27-33)45-48-44(36-16-7-3-8-17-36)49-46(50-45)41-21-12-11-20-39(41)34-14-5-2-6-15-34/h2-31H,1H3. The molecular formula is C47H33N5O. The minimum atomic E-state index is -0.0723. The van der Waals surface area contributed by atoms with E-state index in [1.165, 1.54) is 0 Å². The third-order valence-corrected chi connectivity index (χ3v) is 9.68. The number of hydrogen-bond acceptors (Lipinski definition) is 4. The summed E-state index contributed by atoms with van der Waals surface area (Å²) in [7, 11) is 1.84. The van der Waals surface area contributed by atoms with Gasteiger partial charge in [-0.1, -0.05) is 164 Å². The number of fused-ring (bicyclic) bond motifs is 1. The molecule has 0 bridgehead atoms. The maximum Gasteiger partial charge on any atom is 0.333 e. The lowest BCUT2D eigenvalue weighted by Crippen LogP contribution is -2.20. The topological polar surface area (TPSA) is 65.6 Å². The second kappa shape index (κ2) is 13.5. The van der Waals surface area contributed by atoms with E-state index in [9.17, 15) is 4.79 Å². The highest BCUT2D eigenvalue weighted by molar-refractivity contribution is 5.94. The molecule has 0 aliphatic rings. The van der Waals surface area contributed by atoms with Crippen molar-refractivity contribution in [3.8, 4) is 73.2 Å². The van der Waals surface area contributed by atoms with Crippen LogP contribution in [0, 0.1) is 0 Å². The second-order valence-corrected chi connectivity index (χ2v) is 12.9. The molecule has 0 spiro atoms. The van der Waals surface area contributed by atoms with Gasteiger partial charge in [0, 0.05) is 29.3 Å². The zero-order valence-electron chi connectivity index (χ0n) is 29.0. The summed E-state index contributed by atoms with van der Waals surface area (Å²) < 4.78 is 3.51. The summed E-state index contributed by atoms with van der Waals surface area (Å²) in [4.78, 5) is 28.4. The lowest BCUT2D eigenvalue weighted by Gasteiger charge is -2.12. The van der Waals surface area contributed by atoms with Crippen molar-refractivity contribution in [3.63, 3.8) is 0 Å². The molecule has 9 rings (SSSR count). The number of para-hydroxylation sites is 2. The van der Waals surface area contributed by atoms with Gasteiger partial charge in [0.05, 0.1) is 16.7 Å². The van der Waals surface area contributed by atoms with E-state index in [2.05, 4.69) is 78.9 Å². The molecule has 0 saturated carbocycles. The first-order valence-corrected chi connectivity index (χ1v) is 17.6. The van der Waals surface area contributed by atoms with Gasteiger partial charge in [0.2, 0.25) is 0 Å². The Hall–Kier alpha value is -7.18. The Balaban J connectivity index is 1.06. The lowest BCUT2D eigenvalue weighted by molar-refractivity contribution is 0.847. The van der Waals surface area contributed by atoms with Crippen molar-refractivity contribution < 1.29 is 0 Å². The van der Waals surface area contributed by atoms with Gasteiger partial charge < -0.3 is 0 Å². The quantitative estimate of drug-likeness (QED) is 0.168. The molecule has 6 heteroatoms. The molecule has 0 N–H and O–H groups in total. The van der Waals surface area contributed by atoms with Gasteiger partial charge in [0.25, 0.3) is 0 Å². The average Bonchev–Trinajstić information content (AvgIpc) is 3.50. The Morgan fingerprint density at radius 3 is 1.43 bits per heavy atom. The average molecular weight is 684 g/mol. The van der Waals surface area contributed by atoms with Crippen molar-refractivity contribution >= 4 is 11.0 Å². The van der Waals surface area contributed by atoms with Crippen molar-refractivity contribution in [2.75, 3.05) is 0 Å². The van der Waals surface area contributed by atoms with Crippen LogP contribution in [-0.4, -0.2) is 24.1 Å². The van der Waals surface area contributed by atoms with Gasteiger partial charge in [-0.3, -0.25) is 9.13 Å². The van der Waals surface area contributed by atoms with Crippen molar-refractivity contribution in [1.82, 2.24) is 24.1 Å². The predicted octanol–water partition coefficient (Wildman–Crippen LogP) is 10.5. The number of imidazole rings is 1. The first-order valence-electron chi connectivity index (χ1n) is 17.6. The van der Waals surface area contributed by atoms with Gasteiger partial charge in [0.15, 0.2) is 17.5 Å². The molecule has 0 aliphatic heterocycles. The van der Waals surface area contributed by atoms with Crippen LogP contribution in [-0.2, 0) is 7.05 Å². The van der Waals surface area contributed by atoms with Crippen LogP contribution in [0.15, 0.2) is 187 Å². The molecule has 0 unspecified atom stereocenters. The minimum Gasteiger partial charge on any atom is -0.294 e. The molecule has 53 heavy (non-hydrogen) atoms. The molecule has 0 atom stereocenters. The summed E-state index contributed by atoms with van der Waals surface area (Å²) in [6.07, 6.45) is 0. The maximum atomic E-state index is 13.4. The van der Waals surface area contributed by atoms with Gasteiger partial charge in [-0.15, -0.1) is 0 Å². The van der Waals surface area contributed by atoms with Crippen LogP contribution in [0.1, 0.15) is 0 Å². The van der Waals surface area contributed by atoms with Gasteiger partial charge in [0.1, 0.15) is 0 Å². The molecular weight excluding hydrogens is 651 g/mol. The molecule has 252 valence electrons. The predicted molar refractivity (Wildman–Crippen MR) is 215 cm³/mol.